The average molecular weight is 348 g/mol. The van der Waals surface area contributed by atoms with Crippen LogP contribution in [-0.2, 0) is 6.54 Å². The fraction of sp³-hybridized carbons (Fsp3) is 0.250. The van der Waals surface area contributed by atoms with Crippen LogP contribution in [0.1, 0.15) is 37.0 Å². The number of hydrogen-bond donors (Lipinski definition) is 1. The van der Waals surface area contributed by atoms with Gasteiger partial charge in [0.15, 0.2) is 0 Å². The summed E-state index contributed by atoms with van der Waals surface area (Å²) < 4.78 is 10.8. The first-order valence-corrected chi connectivity index (χ1v) is 8.62. The molecule has 26 heavy (non-hydrogen) atoms. The van der Waals surface area contributed by atoms with Crippen molar-refractivity contribution in [2.75, 3.05) is 5.32 Å². The lowest BCUT2D eigenvalue weighted by molar-refractivity contribution is 0.365. The van der Waals surface area contributed by atoms with Crippen LogP contribution >= 0.6 is 0 Å². The van der Waals surface area contributed by atoms with Crippen molar-refractivity contribution in [2.24, 2.45) is 0 Å². The number of fused-ring (bicyclic) bond motifs is 1. The van der Waals surface area contributed by atoms with Gasteiger partial charge in [-0.2, -0.15) is 4.98 Å². The molecule has 132 valence electrons. The van der Waals surface area contributed by atoms with Gasteiger partial charge in [0.25, 0.3) is 0 Å². The molecule has 0 radical (unpaired) electrons. The smallest absolute Gasteiger partial charge is 0.229 e. The largest absolute Gasteiger partial charge is 0.467 e. The molecule has 6 heteroatoms. The van der Waals surface area contributed by atoms with Gasteiger partial charge in [-0.1, -0.05) is 37.2 Å². The van der Waals surface area contributed by atoms with Crippen molar-refractivity contribution in [2.45, 2.75) is 33.2 Å². The van der Waals surface area contributed by atoms with E-state index in [0.717, 1.165) is 27.8 Å². The van der Waals surface area contributed by atoms with Crippen molar-refractivity contribution >= 4 is 16.7 Å². The van der Waals surface area contributed by atoms with Crippen LogP contribution in [-0.4, -0.2) is 15.1 Å². The third-order valence-corrected chi connectivity index (χ3v) is 4.23. The van der Waals surface area contributed by atoms with E-state index in [0.29, 0.717) is 24.1 Å². The highest BCUT2D eigenvalue weighted by molar-refractivity contribution is 5.89. The molecule has 1 N–H and O–H groups in total. The Labute approximate surface area is 151 Å². The molecule has 1 aromatic carbocycles. The number of rotatable bonds is 5. The van der Waals surface area contributed by atoms with E-state index in [1.165, 1.54) is 0 Å². The second kappa shape index (κ2) is 6.63. The normalized spacial score (nSPS) is 11.4. The third kappa shape index (κ3) is 3.06. The monoisotopic (exact) mass is 348 g/mol. The first-order chi connectivity index (χ1) is 12.6. The third-order valence-electron chi connectivity index (χ3n) is 4.23. The number of pyridine rings is 1. The molecule has 0 spiro atoms. The van der Waals surface area contributed by atoms with Gasteiger partial charge in [0.05, 0.1) is 23.9 Å². The van der Waals surface area contributed by atoms with Crippen molar-refractivity contribution in [3.63, 3.8) is 0 Å². The molecular formula is C20H20N4O2. The van der Waals surface area contributed by atoms with Gasteiger partial charge < -0.3 is 14.3 Å². The summed E-state index contributed by atoms with van der Waals surface area (Å²) in [6, 6.07) is 12.0. The van der Waals surface area contributed by atoms with E-state index in [4.69, 9.17) is 13.9 Å². The lowest BCUT2D eigenvalue weighted by atomic mass is 10.1. The number of benzene rings is 1. The Hall–Kier alpha value is -3.15. The van der Waals surface area contributed by atoms with E-state index in [-0.39, 0.29) is 5.92 Å². The maximum atomic E-state index is 5.41. The van der Waals surface area contributed by atoms with Crippen LogP contribution in [0.4, 0.5) is 5.82 Å². The van der Waals surface area contributed by atoms with Crippen LogP contribution in [0.2, 0.25) is 0 Å². The number of anilines is 1. The number of furan rings is 1. The van der Waals surface area contributed by atoms with Crippen molar-refractivity contribution in [3.8, 4) is 11.4 Å². The van der Waals surface area contributed by atoms with Gasteiger partial charge in [-0.3, -0.25) is 0 Å². The molecule has 0 bridgehead atoms. The average Bonchev–Trinajstić information content (AvgIpc) is 3.31. The molecular weight excluding hydrogens is 328 g/mol. The quantitative estimate of drug-likeness (QED) is 0.551. The Kier molecular flexibility index (Phi) is 4.16. The molecule has 0 aliphatic heterocycles. The molecule has 0 saturated heterocycles. The minimum atomic E-state index is 0.173. The van der Waals surface area contributed by atoms with E-state index in [9.17, 15) is 0 Å². The topological polar surface area (TPSA) is 77.0 Å². The summed E-state index contributed by atoms with van der Waals surface area (Å²) in [4.78, 5) is 9.36. The van der Waals surface area contributed by atoms with E-state index >= 15 is 0 Å². The van der Waals surface area contributed by atoms with Gasteiger partial charge in [-0.25, -0.2) is 4.98 Å². The van der Waals surface area contributed by atoms with Crippen molar-refractivity contribution in [1.82, 2.24) is 15.1 Å². The molecule has 6 nitrogen and oxygen atoms in total. The second-order valence-electron chi connectivity index (χ2n) is 6.58. The summed E-state index contributed by atoms with van der Waals surface area (Å²) in [7, 11) is 0. The van der Waals surface area contributed by atoms with Crippen LogP contribution in [0.3, 0.4) is 0 Å². The fourth-order valence-electron chi connectivity index (χ4n) is 2.82. The Balaban J connectivity index is 1.80. The molecule has 3 aromatic heterocycles. The predicted octanol–water partition coefficient (Wildman–Crippen LogP) is 4.92. The van der Waals surface area contributed by atoms with E-state index in [1.807, 2.05) is 38.1 Å². The zero-order valence-electron chi connectivity index (χ0n) is 15.0. The number of nitrogens with one attached hydrogen (secondary N) is 1. The number of para-hydroxylation sites is 1. The Morgan fingerprint density at radius 1 is 1.12 bits per heavy atom. The minimum absolute atomic E-state index is 0.173. The van der Waals surface area contributed by atoms with Gasteiger partial charge in [0, 0.05) is 11.3 Å². The highest BCUT2D eigenvalue weighted by Gasteiger charge is 2.17. The number of aromatic nitrogens is 3. The molecule has 3 heterocycles. The van der Waals surface area contributed by atoms with Crippen LogP contribution < -0.4 is 5.32 Å². The molecule has 0 unspecified atom stereocenters. The van der Waals surface area contributed by atoms with E-state index in [2.05, 4.69) is 34.5 Å². The first-order valence-electron chi connectivity index (χ1n) is 8.62. The maximum absolute atomic E-state index is 5.41. The van der Waals surface area contributed by atoms with E-state index < -0.39 is 0 Å². The SMILES string of the molecule is Cc1cccc2cc(-c3noc(C(C)C)n3)c(NCc3ccco3)nc12. The zero-order valence-corrected chi connectivity index (χ0v) is 15.0. The molecule has 4 rings (SSSR count). The predicted molar refractivity (Wildman–Crippen MR) is 99.9 cm³/mol. The van der Waals surface area contributed by atoms with Crippen molar-refractivity contribution in [1.29, 1.82) is 0 Å². The highest BCUT2D eigenvalue weighted by Crippen LogP contribution is 2.30. The Bertz CT molecular complexity index is 1040. The summed E-state index contributed by atoms with van der Waals surface area (Å²) >= 11 is 0. The lowest BCUT2D eigenvalue weighted by Gasteiger charge is -2.11. The van der Waals surface area contributed by atoms with Crippen LogP contribution in [0.15, 0.2) is 51.6 Å². The van der Waals surface area contributed by atoms with E-state index in [1.54, 1.807) is 6.26 Å². The summed E-state index contributed by atoms with van der Waals surface area (Å²) in [5.74, 6) is 2.86. The van der Waals surface area contributed by atoms with Crippen LogP contribution in [0.25, 0.3) is 22.3 Å². The molecule has 0 aliphatic carbocycles. The molecule has 0 saturated carbocycles. The van der Waals surface area contributed by atoms with Gasteiger partial charge in [-0.05, 0) is 30.7 Å². The maximum Gasteiger partial charge on any atom is 0.229 e. The van der Waals surface area contributed by atoms with Crippen LogP contribution in [0.5, 0.6) is 0 Å². The summed E-state index contributed by atoms with van der Waals surface area (Å²) in [5.41, 5.74) is 2.88. The van der Waals surface area contributed by atoms with Crippen molar-refractivity contribution < 1.29 is 8.94 Å². The van der Waals surface area contributed by atoms with Gasteiger partial charge in [0.1, 0.15) is 11.6 Å². The minimum Gasteiger partial charge on any atom is -0.467 e. The molecule has 0 atom stereocenters. The standard InChI is InChI=1S/C20H20N4O2/c1-12(2)20-23-19(24-26-20)16-10-14-7-4-6-13(3)17(14)22-18(16)21-11-15-8-5-9-25-15/h4-10,12H,11H2,1-3H3,(H,21,22). The van der Waals surface area contributed by atoms with Crippen LogP contribution in [0, 0.1) is 6.92 Å². The number of hydrogen-bond acceptors (Lipinski definition) is 6. The lowest BCUT2D eigenvalue weighted by Crippen LogP contribution is -2.04. The van der Waals surface area contributed by atoms with Gasteiger partial charge >= 0.3 is 0 Å². The Morgan fingerprint density at radius 2 is 2.00 bits per heavy atom. The van der Waals surface area contributed by atoms with Gasteiger partial charge in [0.2, 0.25) is 11.7 Å². The molecule has 0 fully saturated rings. The summed E-state index contributed by atoms with van der Waals surface area (Å²) in [6.45, 7) is 6.63. The summed E-state index contributed by atoms with van der Waals surface area (Å²) in [6.07, 6.45) is 1.66. The van der Waals surface area contributed by atoms with Gasteiger partial charge in [-0.15, -0.1) is 0 Å². The first kappa shape index (κ1) is 16.3. The highest BCUT2D eigenvalue weighted by atomic mass is 16.5. The number of aryl methyl sites for hydroxylation is 1. The van der Waals surface area contributed by atoms with Crippen molar-refractivity contribution in [3.05, 3.63) is 59.9 Å². The molecule has 0 amide bonds. The summed E-state index contributed by atoms with van der Waals surface area (Å²) in [5, 5.41) is 8.54. The second-order valence-corrected chi connectivity index (χ2v) is 6.58. The molecule has 0 aliphatic rings. The molecule has 4 aromatic rings. The zero-order chi connectivity index (χ0) is 18.1. The number of nitrogens with zero attached hydrogens (tertiary/aromatic N) is 3. The fourth-order valence-corrected chi connectivity index (χ4v) is 2.82. The Morgan fingerprint density at radius 3 is 2.73 bits per heavy atom.